The topological polar surface area (TPSA) is 49.4 Å². The van der Waals surface area contributed by atoms with Gasteiger partial charge in [-0.1, -0.05) is 90.5 Å². The van der Waals surface area contributed by atoms with Crippen LogP contribution in [0.3, 0.4) is 0 Å². The molecule has 3 rings (SSSR count). The SMILES string of the molecule is C[C@@H](C(=O)NCc1ccccc1Cl)N(Cc1ccccc1)C(=O)Cc1ccccc1. The molecule has 5 heteroatoms. The number of benzene rings is 3. The van der Waals surface area contributed by atoms with E-state index in [1.807, 2.05) is 78.9 Å². The van der Waals surface area contributed by atoms with Gasteiger partial charge in [0, 0.05) is 18.1 Å². The summed E-state index contributed by atoms with van der Waals surface area (Å²) >= 11 is 6.18. The number of nitrogens with zero attached hydrogens (tertiary/aromatic N) is 1. The summed E-state index contributed by atoms with van der Waals surface area (Å²) < 4.78 is 0. The van der Waals surface area contributed by atoms with Crippen LogP contribution in [0.4, 0.5) is 0 Å². The molecule has 0 saturated heterocycles. The number of hydrogen-bond donors (Lipinski definition) is 1. The predicted molar refractivity (Wildman–Crippen MR) is 120 cm³/mol. The number of amides is 2. The van der Waals surface area contributed by atoms with Gasteiger partial charge in [0.1, 0.15) is 6.04 Å². The Balaban J connectivity index is 1.73. The number of rotatable bonds is 8. The molecule has 0 unspecified atom stereocenters. The Bertz CT molecular complexity index is 977. The van der Waals surface area contributed by atoms with Crippen molar-refractivity contribution in [3.8, 4) is 0 Å². The van der Waals surface area contributed by atoms with Crippen molar-refractivity contribution < 1.29 is 9.59 Å². The van der Waals surface area contributed by atoms with E-state index in [0.717, 1.165) is 16.7 Å². The Labute approximate surface area is 182 Å². The van der Waals surface area contributed by atoms with E-state index in [2.05, 4.69) is 5.32 Å². The monoisotopic (exact) mass is 420 g/mol. The molecule has 0 radical (unpaired) electrons. The van der Waals surface area contributed by atoms with Crippen LogP contribution in [0.25, 0.3) is 0 Å². The van der Waals surface area contributed by atoms with E-state index >= 15 is 0 Å². The fourth-order valence-corrected chi connectivity index (χ4v) is 3.41. The molecule has 2 amide bonds. The smallest absolute Gasteiger partial charge is 0.242 e. The molecule has 154 valence electrons. The molecule has 0 aromatic heterocycles. The van der Waals surface area contributed by atoms with Gasteiger partial charge in [0.25, 0.3) is 0 Å². The number of nitrogens with one attached hydrogen (secondary N) is 1. The highest BCUT2D eigenvalue weighted by atomic mass is 35.5. The number of carbonyl (C=O) groups is 2. The van der Waals surface area contributed by atoms with Gasteiger partial charge in [0.05, 0.1) is 6.42 Å². The van der Waals surface area contributed by atoms with E-state index in [-0.39, 0.29) is 18.2 Å². The summed E-state index contributed by atoms with van der Waals surface area (Å²) in [5.41, 5.74) is 2.74. The molecular formula is C25H25ClN2O2. The third-order valence-corrected chi connectivity index (χ3v) is 5.34. The summed E-state index contributed by atoms with van der Waals surface area (Å²) in [5.74, 6) is -0.308. The molecule has 1 atom stereocenters. The largest absolute Gasteiger partial charge is 0.350 e. The van der Waals surface area contributed by atoms with Gasteiger partial charge in [-0.25, -0.2) is 0 Å². The summed E-state index contributed by atoms with van der Waals surface area (Å²) in [7, 11) is 0. The first-order chi connectivity index (χ1) is 14.5. The maximum absolute atomic E-state index is 13.1. The van der Waals surface area contributed by atoms with Gasteiger partial charge in [0.15, 0.2) is 0 Å². The minimum absolute atomic E-state index is 0.0922. The zero-order valence-corrected chi connectivity index (χ0v) is 17.7. The van der Waals surface area contributed by atoms with Gasteiger partial charge in [0.2, 0.25) is 11.8 Å². The molecule has 0 heterocycles. The highest BCUT2D eigenvalue weighted by Crippen LogP contribution is 2.16. The summed E-state index contributed by atoms with van der Waals surface area (Å²) in [6, 6.07) is 26.0. The predicted octanol–water partition coefficient (Wildman–Crippen LogP) is 4.62. The first-order valence-corrected chi connectivity index (χ1v) is 10.3. The second kappa shape index (κ2) is 10.6. The maximum Gasteiger partial charge on any atom is 0.242 e. The van der Waals surface area contributed by atoms with Crippen molar-refractivity contribution in [3.63, 3.8) is 0 Å². The van der Waals surface area contributed by atoms with Crippen LogP contribution in [-0.2, 0) is 29.1 Å². The number of hydrogen-bond acceptors (Lipinski definition) is 2. The minimum atomic E-state index is -0.621. The second-order valence-corrected chi connectivity index (χ2v) is 7.56. The molecule has 3 aromatic carbocycles. The maximum atomic E-state index is 13.1. The normalized spacial score (nSPS) is 11.5. The molecule has 3 aromatic rings. The summed E-state index contributed by atoms with van der Waals surface area (Å²) in [5, 5.41) is 3.51. The Morgan fingerprint density at radius 1 is 0.867 bits per heavy atom. The molecule has 0 aliphatic heterocycles. The zero-order valence-electron chi connectivity index (χ0n) is 16.9. The number of carbonyl (C=O) groups excluding carboxylic acids is 2. The molecular weight excluding hydrogens is 396 g/mol. The summed E-state index contributed by atoms with van der Waals surface area (Å²) in [6.07, 6.45) is 0.246. The van der Waals surface area contributed by atoms with Crippen LogP contribution in [-0.4, -0.2) is 22.8 Å². The zero-order chi connectivity index (χ0) is 21.3. The molecule has 0 saturated carbocycles. The fourth-order valence-electron chi connectivity index (χ4n) is 3.21. The van der Waals surface area contributed by atoms with Gasteiger partial charge in [-0.3, -0.25) is 9.59 Å². The first kappa shape index (κ1) is 21.6. The molecule has 0 aliphatic rings. The van der Waals surface area contributed by atoms with E-state index < -0.39 is 6.04 Å². The van der Waals surface area contributed by atoms with Crippen molar-refractivity contribution in [2.75, 3.05) is 0 Å². The third-order valence-electron chi connectivity index (χ3n) is 4.97. The lowest BCUT2D eigenvalue weighted by atomic mass is 10.1. The first-order valence-electron chi connectivity index (χ1n) is 9.93. The average molecular weight is 421 g/mol. The van der Waals surface area contributed by atoms with Crippen molar-refractivity contribution in [1.82, 2.24) is 10.2 Å². The molecule has 30 heavy (non-hydrogen) atoms. The highest BCUT2D eigenvalue weighted by molar-refractivity contribution is 6.31. The Kier molecular flexibility index (Phi) is 7.63. The van der Waals surface area contributed by atoms with Gasteiger partial charge >= 0.3 is 0 Å². The average Bonchev–Trinajstić information content (AvgIpc) is 2.77. The van der Waals surface area contributed by atoms with E-state index in [4.69, 9.17) is 11.6 Å². The van der Waals surface area contributed by atoms with E-state index in [0.29, 0.717) is 18.1 Å². The third kappa shape index (κ3) is 5.94. The molecule has 0 bridgehead atoms. The van der Waals surface area contributed by atoms with Crippen LogP contribution >= 0.6 is 11.6 Å². The van der Waals surface area contributed by atoms with E-state index in [1.54, 1.807) is 17.9 Å². The molecule has 0 fully saturated rings. The lowest BCUT2D eigenvalue weighted by Crippen LogP contribution is -2.48. The van der Waals surface area contributed by atoms with Crippen LogP contribution in [0.1, 0.15) is 23.6 Å². The summed E-state index contributed by atoms with van der Waals surface area (Å²) in [6.45, 7) is 2.44. The molecule has 0 spiro atoms. The minimum Gasteiger partial charge on any atom is -0.350 e. The standard InChI is InChI=1S/C25H25ClN2O2/c1-19(25(30)27-17-22-14-8-9-15-23(22)26)28(18-21-12-6-3-7-13-21)24(29)16-20-10-4-2-5-11-20/h2-15,19H,16-18H2,1H3,(H,27,30)/t19-/m0/s1. The molecule has 0 aliphatic carbocycles. The molecule has 1 N–H and O–H groups in total. The summed E-state index contributed by atoms with van der Waals surface area (Å²) in [4.78, 5) is 27.6. The van der Waals surface area contributed by atoms with Crippen molar-refractivity contribution in [2.45, 2.75) is 32.5 Å². The van der Waals surface area contributed by atoms with Crippen LogP contribution in [0.15, 0.2) is 84.9 Å². The van der Waals surface area contributed by atoms with Crippen LogP contribution < -0.4 is 5.32 Å². The second-order valence-electron chi connectivity index (χ2n) is 7.15. The van der Waals surface area contributed by atoms with Crippen molar-refractivity contribution in [1.29, 1.82) is 0 Å². The van der Waals surface area contributed by atoms with Crippen LogP contribution in [0, 0.1) is 0 Å². The lowest BCUT2D eigenvalue weighted by Gasteiger charge is -2.29. The number of halogens is 1. The Hall–Kier alpha value is -3.11. The highest BCUT2D eigenvalue weighted by Gasteiger charge is 2.26. The van der Waals surface area contributed by atoms with Crippen molar-refractivity contribution in [3.05, 3.63) is 107 Å². The Morgan fingerprint density at radius 2 is 1.43 bits per heavy atom. The van der Waals surface area contributed by atoms with Gasteiger partial charge in [-0.05, 0) is 29.7 Å². The van der Waals surface area contributed by atoms with Gasteiger partial charge in [-0.2, -0.15) is 0 Å². The van der Waals surface area contributed by atoms with Crippen LogP contribution in [0.2, 0.25) is 5.02 Å². The van der Waals surface area contributed by atoms with E-state index in [9.17, 15) is 9.59 Å². The molecule has 4 nitrogen and oxygen atoms in total. The fraction of sp³-hybridized carbons (Fsp3) is 0.200. The quantitative estimate of drug-likeness (QED) is 0.578. The van der Waals surface area contributed by atoms with E-state index in [1.165, 1.54) is 0 Å². The van der Waals surface area contributed by atoms with Gasteiger partial charge < -0.3 is 10.2 Å². The Morgan fingerprint density at radius 3 is 2.07 bits per heavy atom. The lowest BCUT2D eigenvalue weighted by molar-refractivity contribution is -0.140. The van der Waals surface area contributed by atoms with Crippen molar-refractivity contribution >= 4 is 23.4 Å². The van der Waals surface area contributed by atoms with Crippen LogP contribution in [0.5, 0.6) is 0 Å². The van der Waals surface area contributed by atoms with Gasteiger partial charge in [-0.15, -0.1) is 0 Å². The van der Waals surface area contributed by atoms with Crippen molar-refractivity contribution in [2.24, 2.45) is 0 Å².